The van der Waals surface area contributed by atoms with Crippen LogP contribution in [0.3, 0.4) is 0 Å². The van der Waals surface area contributed by atoms with E-state index < -0.39 is 0 Å². The van der Waals surface area contributed by atoms with Gasteiger partial charge in [0.25, 0.3) is 0 Å². The minimum Gasteiger partial charge on any atom is -0.468 e. The highest BCUT2D eigenvalue weighted by Gasteiger charge is 2.11. The average molecular weight is 292 g/mol. The lowest BCUT2D eigenvalue weighted by molar-refractivity contribution is -0.137. The Morgan fingerprint density at radius 2 is 2.20 bits per heavy atom. The maximum absolute atomic E-state index is 12.0. The highest BCUT2D eigenvalue weighted by molar-refractivity contribution is 7.99. The Kier molecular flexibility index (Phi) is 6.60. The lowest BCUT2D eigenvalue weighted by Gasteiger charge is -2.17. The lowest BCUT2D eigenvalue weighted by atomic mass is 10.2. The van der Waals surface area contributed by atoms with E-state index in [-0.39, 0.29) is 17.6 Å². The molecule has 0 aliphatic carbocycles. The average Bonchev–Trinajstić information content (AvgIpc) is 2.50. The fourth-order valence-corrected chi connectivity index (χ4v) is 2.22. The molecule has 1 rings (SSSR count). The van der Waals surface area contributed by atoms with Crippen LogP contribution in [-0.2, 0) is 14.3 Å². The molecule has 0 atom stereocenters. The summed E-state index contributed by atoms with van der Waals surface area (Å²) in [5, 5.41) is 8.83. The first-order chi connectivity index (χ1) is 9.58. The second-order valence-corrected chi connectivity index (χ2v) is 5.10. The summed E-state index contributed by atoms with van der Waals surface area (Å²) in [5.41, 5.74) is 1.20. The zero-order chi connectivity index (χ0) is 15.0. The van der Waals surface area contributed by atoms with Gasteiger partial charge in [0.05, 0.1) is 24.5 Å². The van der Waals surface area contributed by atoms with Crippen LogP contribution in [0.15, 0.2) is 24.3 Å². The molecule has 0 aliphatic rings. The van der Waals surface area contributed by atoms with Crippen LogP contribution in [-0.4, -0.2) is 37.5 Å². The minimum atomic E-state index is -0.294. The molecule has 1 aromatic rings. The first-order valence-electron chi connectivity index (χ1n) is 5.99. The number of rotatable bonds is 6. The van der Waals surface area contributed by atoms with E-state index in [1.807, 2.05) is 6.07 Å². The molecule has 5 nitrogen and oxygen atoms in total. The van der Waals surface area contributed by atoms with E-state index in [1.54, 1.807) is 31.3 Å². The van der Waals surface area contributed by atoms with Gasteiger partial charge in [0.15, 0.2) is 0 Å². The third-order valence-electron chi connectivity index (χ3n) is 2.64. The first-order valence-corrected chi connectivity index (χ1v) is 7.15. The maximum Gasteiger partial charge on any atom is 0.315 e. The van der Waals surface area contributed by atoms with Crippen LogP contribution in [0.1, 0.15) is 12.0 Å². The van der Waals surface area contributed by atoms with Crippen LogP contribution in [0.5, 0.6) is 0 Å². The molecule has 0 fully saturated rings. The van der Waals surface area contributed by atoms with Crippen LogP contribution < -0.4 is 4.90 Å². The summed E-state index contributed by atoms with van der Waals surface area (Å²) >= 11 is 1.36. The SMILES string of the molecule is COC(=O)CSCCC(=O)N(C)c1cccc(C#N)c1. The summed E-state index contributed by atoms with van der Waals surface area (Å²) in [6.45, 7) is 0. The number of anilines is 1. The summed E-state index contributed by atoms with van der Waals surface area (Å²) < 4.78 is 4.51. The molecular formula is C14H16N2O3S. The Balaban J connectivity index is 2.46. The van der Waals surface area contributed by atoms with Gasteiger partial charge in [-0.05, 0) is 18.2 Å². The predicted molar refractivity (Wildman–Crippen MR) is 78.5 cm³/mol. The van der Waals surface area contributed by atoms with E-state index in [0.717, 1.165) is 0 Å². The highest BCUT2D eigenvalue weighted by Crippen LogP contribution is 2.16. The quantitative estimate of drug-likeness (QED) is 0.591. The Morgan fingerprint density at radius 1 is 1.45 bits per heavy atom. The molecule has 0 aromatic heterocycles. The fraction of sp³-hybridized carbons (Fsp3) is 0.357. The van der Waals surface area contributed by atoms with Crippen molar-refractivity contribution >= 4 is 29.3 Å². The number of nitriles is 1. The molecule has 6 heteroatoms. The Bertz CT molecular complexity index is 525. The normalized spacial score (nSPS) is 9.65. The summed E-state index contributed by atoms with van der Waals surface area (Å²) in [7, 11) is 3.01. The Morgan fingerprint density at radius 3 is 2.85 bits per heavy atom. The number of amides is 1. The molecule has 0 aliphatic heterocycles. The number of carbonyl (C=O) groups is 2. The van der Waals surface area contributed by atoms with Crippen molar-refractivity contribution in [2.75, 3.05) is 30.6 Å². The van der Waals surface area contributed by atoms with E-state index in [9.17, 15) is 9.59 Å². The summed E-state index contributed by atoms with van der Waals surface area (Å²) in [6, 6.07) is 8.91. The molecule has 0 heterocycles. The molecule has 0 bridgehead atoms. The fourth-order valence-electron chi connectivity index (χ4n) is 1.47. The number of methoxy groups -OCH3 is 1. The molecule has 0 saturated heterocycles. The van der Waals surface area contributed by atoms with E-state index in [4.69, 9.17) is 5.26 Å². The van der Waals surface area contributed by atoms with Gasteiger partial charge in [-0.15, -0.1) is 11.8 Å². The van der Waals surface area contributed by atoms with E-state index >= 15 is 0 Å². The maximum atomic E-state index is 12.0. The third-order valence-corrected chi connectivity index (χ3v) is 3.58. The van der Waals surface area contributed by atoms with Crippen LogP contribution in [0.2, 0.25) is 0 Å². The van der Waals surface area contributed by atoms with Gasteiger partial charge in [0, 0.05) is 24.9 Å². The Labute approximate surface area is 122 Å². The van der Waals surface area contributed by atoms with Gasteiger partial charge in [-0.2, -0.15) is 5.26 Å². The largest absolute Gasteiger partial charge is 0.468 e. The summed E-state index contributed by atoms with van der Waals surface area (Å²) in [5.74, 6) is 0.447. The smallest absolute Gasteiger partial charge is 0.315 e. The van der Waals surface area contributed by atoms with Crippen LogP contribution >= 0.6 is 11.8 Å². The highest BCUT2D eigenvalue weighted by atomic mass is 32.2. The second kappa shape index (κ2) is 8.23. The van der Waals surface area contributed by atoms with Crippen LogP contribution in [0, 0.1) is 11.3 Å². The van der Waals surface area contributed by atoms with Gasteiger partial charge in [-0.25, -0.2) is 0 Å². The number of hydrogen-bond acceptors (Lipinski definition) is 5. The van der Waals surface area contributed by atoms with Crippen molar-refractivity contribution in [2.24, 2.45) is 0 Å². The lowest BCUT2D eigenvalue weighted by Crippen LogP contribution is -2.26. The van der Waals surface area contributed by atoms with Crippen molar-refractivity contribution in [2.45, 2.75) is 6.42 Å². The van der Waals surface area contributed by atoms with E-state index in [0.29, 0.717) is 23.4 Å². The molecule has 1 amide bonds. The molecule has 20 heavy (non-hydrogen) atoms. The molecule has 1 aromatic carbocycles. The minimum absolute atomic E-state index is 0.0579. The second-order valence-electron chi connectivity index (χ2n) is 3.99. The molecule has 106 valence electrons. The number of carbonyl (C=O) groups excluding carboxylic acids is 2. The van der Waals surface area contributed by atoms with Gasteiger partial charge < -0.3 is 9.64 Å². The van der Waals surface area contributed by atoms with Crippen molar-refractivity contribution < 1.29 is 14.3 Å². The topological polar surface area (TPSA) is 70.4 Å². The number of thioether (sulfide) groups is 1. The van der Waals surface area contributed by atoms with Gasteiger partial charge in [0.2, 0.25) is 5.91 Å². The molecule has 0 spiro atoms. The third kappa shape index (κ3) is 4.94. The van der Waals surface area contributed by atoms with Crippen molar-refractivity contribution in [3.05, 3.63) is 29.8 Å². The zero-order valence-electron chi connectivity index (χ0n) is 11.5. The summed E-state index contributed by atoms with van der Waals surface area (Å²) in [6.07, 6.45) is 0.328. The van der Waals surface area contributed by atoms with E-state index in [1.165, 1.54) is 23.8 Å². The van der Waals surface area contributed by atoms with Crippen molar-refractivity contribution in [1.29, 1.82) is 5.26 Å². The summed E-state index contributed by atoms with van der Waals surface area (Å²) in [4.78, 5) is 24.4. The zero-order valence-corrected chi connectivity index (χ0v) is 12.3. The predicted octanol–water partition coefficient (Wildman–Crippen LogP) is 1.82. The number of hydrogen-bond donors (Lipinski definition) is 0. The van der Waals surface area contributed by atoms with Crippen molar-refractivity contribution in [3.8, 4) is 6.07 Å². The monoisotopic (exact) mass is 292 g/mol. The molecule has 0 saturated carbocycles. The number of benzene rings is 1. The molecule has 0 radical (unpaired) electrons. The van der Waals surface area contributed by atoms with Gasteiger partial charge in [-0.3, -0.25) is 9.59 Å². The van der Waals surface area contributed by atoms with Gasteiger partial charge >= 0.3 is 5.97 Å². The molecule has 0 N–H and O–H groups in total. The molecular weight excluding hydrogens is 276 g/mol. The van der Waals surface area contributed by atoms with Crippen LogP contribution in [0.4, 0.5) is 5.69 Å². The number of ether oxygens (including phenoxy) is 1. The van der Waals surface area contributed by atoms with E-state index in [2.05, 4.69) is 4.74 Å². The number of nitrogens with zero attached hydrogens (tertiary/aromatic N) is 2. The van der Waals surface area contributed by atoms with Crippen molar-refractivity contribution in [3.63, 3.8) is 0 Å². The standard InChI is InChI=1S/C14H16N2O3S/c1-16(12-5-3-4-11(8-12)9-15)13(17)6-7-20-10-14(18)19-2/h3-5,8H,6-7,10H2,1-2H3. The van der Waals surface area contributed by atoms with Crippen molar-refractivity contribution in [1.82, 2.24) is 0 Å². The Hall–Kier alpha value is -2.00. The number of esters is 1. The van der Waals surface area contributed by atoms with Gasteiger partial charge in [0.1, 0.15) is 0 Å². The van der Waals surface area contributed by atoms with Gasteiger partial charge in [-0.1, -0.05) is 6.07 Å². The first kappa shape index (κ1) is 16.1. The molecule has 0 unspecified atom stereocenters. The van der Waals surface area contributed by atoms with Crippen LogP contribution in [0.25, 0.3) is 0 Å².